The van der Waals surface area contributed by atoms with Crippen molar-refractivity contribution in [1.82, 2.24) is 0 Å². The average Bonchev–Trinajstić information content (AvgIpc) is 2.77. The third kappa shape index (κ3) is 5.77. The lowest BCUT2D eigenvalue weighted by atomic mass is 9.87. The SMILES string of the molecule is Cc1cc(CCC(F)(F)C(F)(F)C(F)(F)C(F)(F)C(F)(F)C(F)(F)C(F)(F)C(F)(F)F)cc(C)c1NC(=O)C(F)(F)F. The van der Waals surface area contributed by atoms with Crippen LogP contribution in [0.5, 0.6) is 0 Å². The molecule has 0 saturated heterocycles. The quantitative estimate of drug-likeness (QED) is 0.250. The predicted octanol–water partition coefficient (Wildman–Crippen LogP) is 8.75. The van der Waals surface area contributed by atoms with Crippen LogP contribution < -0.4 is 5.32 Å². The molecule has 0 aliphatic rings. The monoisotopic (exact) mass is 663 g/mol. The minimum atomic E-state index is -8.73. The van der Waals surface area contributed by atoms with Gasteiger partial charge < -0.3 is 5.32 Å². The number of hydrogen-bond acceptors (Lipinski definition) is 1. The second-order valence-electron chi connectivity index (χ2n) is 8.71. The van der Waals surface area contributed by atoms with E-state index in [9.17, 15) is 92.6 Å². The van der Waals surface area contributed by atoms with E-state index in [4.69, 9.17) is 0 Å². The van der Waals surface area contributed by atoms with Gasteiger partial charge in [-0.3, -0.25) is 4.79 Å². The van der Waals surface area contributed by atoms with E-state index in [2.05, 4.69) is 0 Å². The van der Waals surface area contributed by atoms with Gasteiger partial charge in [-0.2, -0.15) is 87.8 Å². The number of carbonyl (C=O) groups excluding carboxylic acids is 1. The van der Waals surface area contributed by atoms with Crippen LogP contribution in [0.3, 0.4) is 0 Å². The maximum atomic E-state index is 14.1. The highest BCUT2D eigenvalue weighted by Crippen LogP contribution is 2.64. The Kier molecular flexibility index (Phi) is 9.31. The Hall–Kier alpha value is -2.71. The van der Waals surface area contributed by atoms with Gasteiger partial charge in [0.15, 0.2) is 0 Å². The fourth-order valence-corrected chi connectivity index (χ4v) is 3.23. The lowest BCUT2D eigenvalue weighted by molar-refractivity contribution is -0.461. The largest absolute Gasteiger partial charge is 0.471 e. The molecule has 22 heteroatoms. The summed E-state index contributed by atoms with van der Waals surface area (Å²) in [7, 11) is 0. The summed E-state index contributed by atoms with van der Waals surface area (Å²) in [5.41, 5.74) is -2.07. The zero-order chi connectivity index (χ0) is 33.9. The maximum absolute atomic E-state index is 14.1. The summed E-state index contributed by atoms with van der Waals surface area (Å²) in [5, 5.41) is 1.35. The molecule has 0 fully saturated rings. The minimum Gasteiger partial charge on any atom is -0.318 e. The molecule has 1 N–H and O–H groups in total. The van der Waals surface area contributed by atoms with Crippen LogP contribution in [0.2, 0.25) is 0 Å². The molecule has 0 aliphatic carbocycles. The number of nitrogens with one attached hydrogen (secondary N) is 1. The Labute approximate surface area is 220 Å². The highest BCUT2D eigenvalue weighted by Gasteiger charge is 2.95. The standard InChI is InChI=1S/C20H13F20NO/c1-7-5-9(6-8(2)10(7)41-11(42)13(23,24)25)3-4-12(21,22)14(26,27)15(28,29)16(30,31)17(32,33)18(34,35)19(36,37)20(38,39)40/h5-6H,3-4H2,1-2H3,(H,41,42). The van der Waals surface area contributed by atoms with Crippen molar-refractivity contribution in [3.8, 4) is 0 Å². The molecule has 1 aromatic rings. The summed E-state index contributed by atoms with van der Waals surface area (Å²) < 4.78 is 264. The summed E-state index contributed by atoms with van der Waals surface area (Å²) in [6.07, 6.45) is -17.6. The number of anilines is 1. The molecule has 0 bridgehead atoms. The van der Waals surface area contributed by atoms with Gasteiger partial charge in [-0.25, -0.2) is 0 Å². The van der Waals surface area contributed by atoms with Crippen LogP contribution in [0, 0.1) is 13.8 Å². The molecule has 2 nitrogen and oxygen atoms in total. The Morgan fingerprint density at radius 2 is 0.905 bits per heavy atom. The Morgan fingerprint density at radius 3 is 1.24 bits per heavy atom. The molecule has 0 saturated carbocycles. The molecule has 0 unspecified atom stereocenters. The third-order valence-electron chi connectivity index (χ3n) is 5.60. The number of carbonyl (C=O) groups is 1. The topological polar surface area (TPSA) is 29.1 Å². The van der Waals surface area contributed by atoms with Gasteiger partial charge in [-0.15, -0.1) is 0 Å². The Morgan fingerprint density at radius 1 is 0.571 bits per heavy atom. The molecular formula is C20H13F20NO. The first-order chi connectivity index (χ1) is 18.1. The lowest BCUT2D eigenvalue weighted by Crippen LogP contribution is -2.74. The molecule has 0 spiro atoms. The molecular weight excluding hydrogens is 650 g/mol. The number of rotatable bonds is 10. The van der Waals surface area contributed by atoms with Crippen molar-refractivity contribution in [2.24, 2.45) is 0 Å². The molecule has 1 amide bonds. The number of benzene rings is 1. The second kappa shape index (κ2) is 10.5. The van der Waals surface area contributed by atoms with Gasteiger partial charge in [0, 0.05) is 12.1 Å². The number of hydrogen-bond donors (Lipinski definition) is 1. The third-order valence-corrected chi connectivity index (χ3v) is 5.60. The molecule has 1 aromatic carbocycles. The molecule has 0 heterocycles. The fourth-order valence-electron chi connectivity index (χ4n) is 3.23. The molecule has 0 atom stereocenters. The van der Waals surface area contributed by atoms with Crippen molar-refractivity contribution in [1.29, 1.82) is 0 Å². The van der Waals surface area contributed by atoms with Crippen LogP contribution in [-0.2, 0) is 11.2 Å². The van der Waals surface area contributed by atoms with Crippen molar-refractivity contribution in [2.75, 3.05) is 5.32 Å². The van der Waals surface area contributed by atoms with Gasteiger partial charge in [-0.05, 0) is 37.0 Å². The Balaban J connectivity index is 3.43. The van der Waals surface area contributed by atoms with Crippen molar-refractivity contribution >= 4 is 11.6 Å². The number of alkyl halides is 20. The van der Waals surface area contributed by atoms with Gasteiger partial charge in [0.2, 0.25) is 0 Å². The molecule has 1 rings (SSSR count). The summed E-state index contributed by atoms with van der Waals surface area (Å²) in [4.78, 5) is 11.1. The van der Waals surface area contributed by atoms with E-state index >= 15 is 0 Å². The van der Waals surface area contributed by atoms with E-state index in [-0.39, 0.29) is 0 Å². The maximum Gasteiger partial charge on any atom is 0.471 e. The van der Waals surface area contributed by atoms with E-state index in [1.165, 1.54) is 5.32 Å². The highest BCUT2D eigenvalue weighted by molar-refractivity contribution is 5.96. The number of amides is 1. The van der Waals surface area contributed by atoms with E-state index in [1.807, 2.05) is 0 Å². The summed E-state index contributed by atoms with van der Waals surface area (Å²) >= 11 is 0. The van der Waals surface area contributed by atoms with E-state index in [1.54, 1.807) is 0 Å². The van der Waals surface area contributed by atoms with Crippen LogP contribution >= 0.6 is 0 Å². The van der Waals surface area contributed by atoms with Crippen LogP contribution in [0.15, 0.2) is 12.1 Å². The molecule has 0 radical (unpaired) electrons. The van der Waals surface area contributed by atoms with Crippen molar-refractivity contribution in [3.63, 3.8) is 0 Å². The van der Waals surface area contributed by atoms with E-state index < -0.39 is 94.9 Å². The average molecular weight is 663 g/mol. The summed E-state index contributed by atoms with van der Waals surface area (Å²) in [5.74, 6) is -59.7. The smallest absolute Gasteiger partial charge is 0.318 e. The first-order valence-corrected chi connectivity index (χ1v) is 10.3. The van der Waals surface area contributed by atoms with Gasteiger partial charge in [-0.1, -0.05) is 12.1 Å². The number of halogens is 20. The molecule has 0 aliphatic heterocycles. The van der Waals surface area contributed by atoms with Crippen LogP contribution in [0.25, 0.3) is 0 Å². The zero-order valence-corrected chi connectivity index (χ0v) is 20.0. The van der Waals surface area contributed by atoms with Crippen LogP contribution in [-0.4, -0.2) is 59.7 Å². The van der Waals surface area contributed by atoms with Crippen LogP contribution in [0.1, 0.15) is 23.1 Å². The first kappa shape index (κ1) is 37.3. The lowest BCUT2D eigenvalue weighted by Gasteiger charge is -2.42. The van der Waals surface area contributed by atoms with Gasteiger partial charge >= 0.3 is 59.7 Å². The number of aryl methyl sites for hydroxylation is 3. The highest BCUT2D eigenvalue weighted by atomic mass is 19.4. The van der Waals surface area contributed by atoms with Gasteiger partial charge in [0.25, 0.3) is 0 Å². The normalized spacial score (nSPS) is 15.2. The zero-order valence-electron chi connectivity index (χ0n) is 20.0. The first-order valence-electron chi connectivity index (χ1n) is 10.3. The molecule has 42 heavy (non-hydrogen) atoms. The Bertz CT molecular complexity index is 1140. The van der Waals surface area contributed by atoms with Crippen molar-refractivity contribution < 1.29 is 92.6 Å². The van der Waals surface area contributed by atoms with E-state index in [0.29, 0.717) is 12.1 Å². The van der Waals surface area contributed by atoms with Crippen LogP contribution in [0.4, 0.5) is 93.5 Å². The van der Waals surface area contributed by atoms with Gasteiger partial charge in [0.05, 0.1) is 0 Å². The fraction of sp³-hybridized carbons (Fsp3) is 0.650. The van der Waals surface area contributed by atoms with Crippen molar-refractivity contribution in [2.45, 2.75) is 80.5 Å². The predicted molar refractivity (Wildman–Crippen MR) is 99.6 cm³/mol. The second-order valence-corrected chi connectivity index (χ2v) is 8.71. The molecule has 244 valence electrons. The minimum absolute atomic E-state index is 0.401. The molecule has 0 aromatic heterocycles. The van der Waals surface area contributed by atoms with Gasteiger partial charge in [0.1, 0.15) is 0 Å². The van der Waals surface area contributed by atoms with E-state index in [0.717, 1.165) is 13.8 Å². The summed E-state index contributed by atoms with van der Waals surface area (Å²) in [6, 6.07) is 1.18. The summed E-state index contributed by atoms with van der Waals surface area (Å²) in [6.45, 7) is 1.81. The van der Waals surface area contributed by atoms with Crippen molar-refractivity contribution in [3.05, 3.63) is 28.8 Å².